The number of carbonyl (C=O) groups is 1. The van der Waals surface area contributed by atoms with Crippen molar-refractivity contribution in [1.82, 2.24) is 4.90 Å². The molecule has 0 aromatic rings. The molecule has 82 valence electrons. The van der Waals surface area contributed by atoms with Gasteiger partial charge in [0.1, 0.15) is 5.60 Å². The Labute approximate surface area is 80.1 Å². The summed E-state index contributed by atoms with van der Waals surface area (Å²) in [6, 6.07) is 0. The van der Waals surface area contributed by atoms with Gasteiger partial charge in [0.15, 0.2) is 0 Å². The van der Waals surface area contributed by atoms with Crippen LogP contribution in [0, 0.1) is 0 Å². The summed E-state index contributed by atoms with van der Waals surface area (Å²) in [7, 11) is 0. The largest absolute Gasteiger partial charge is 0.393 e. The molecular weight excluding hydrogens is 196 g/mol. The monoisotopic (exact) mass is 209 g/mol. The van der Waals surface area contributed by atoms with Gasteiger partial charge in [0.25, 0.3) is 5.91 Å². The molecule has 0 aromatic carbocycles. The van der Waals surface area contributed by atoms with Gasteiger partial charge >= 0.3 is 5.92 Å². The second-order valence-electron chi connectivity index (χ2n) is 3.75. The molecule has 1 aliphatic rings. The standard InChI is InChI=1S/C8H13F2NO3/c1-7(9,10)6(13)11-3-2-8(14,4-11)5-12/h12,14H,2-5H2,1H3. The van der Waals surface area contributed by atoms with Crippen LogP contribution in [0.5, 0.6) is 0 Å². The fourth-order valence-corrected chi connectivity index (χ4v) is 1.44. The van der Waals surface area contributed by atoms with Gasteiger partial charge in [-0.05, 0) is 6.42 Å². The fourth-order valence-electron chi connectivity index (χ4n) is 1.44. The molecule has 0 saturated carbocycles. The molecule has 6 heteroatoms. The van der Waals surface area contributed by atoms with Crippen LogP contribution in [0.3, 0.4) is 0 Å². The van der Waals surface area contributed by atoms with Crippen molar-refractivity contribution in [2.45, 2.75) is 24.9 Å². The average Bonchev–Trinajstić information content (AvgIpc) is 2.46. The predicted molar refractivity (Wildman–Crippen MR) is 43.9 cm³/mol. The zero-order chi connectivity index (χ0) is 11.0. The first-order valence-corrected chi connectivity index (χ1v) is 4.29. The topological polar surface area (TPSA) is 60.8 Å². The summed E-state index contributed by atoms with van der Waals surface area (Å²) in [5.41, 5.74) is -1.42. The second kappa shape index (κ2) is 3.43. The Kier molecular flexibility index (Phi) is 2.78. The molecule has 1 rings (SSSR count). The van der Waals surface area contributed by atoms with Gasteiger partial charge in [-0.15, -0.1) is 0 Å². The summed E-state index contributed by atoms with van der Waals surface area (Å²) < 4.78 is 25.2. The number of rotatable bonds is 2. The zero-order valence-electron chi connectivity index (χ0n) is 7.83. The van der Waals surface area contributed by atoms with Crippen LogP contribution >= 0.6 is 0 Å². The van der Waals surface area contributed by atoms with Crippen molar-refractivity contribution in [1.29, 1.82) is 0 Å². The van der Waals surface area contributed by atoms with E-state index in [0.717, 1.165) is 4.90 Å². The van der Waals surface area contributed by atoms with E-state index in [4.69, 9.17) is 5.11 Å². The Bertz CT molecular complexity index is 241. The van der Waals surface area contributed by atoms with Crippen molar-refractivity contribution in [2.24, 2.45) is 0 Å². The van der Waals surface area contributed by atoms with Crippen LogP contribution in [0.4, 0.5) is 8.78 Å². The van der Waals surface area contributed by atoms with Crippen molar-refractivity contribution in [3.63, 3.8) is 0 Å². The Morgan fingerprint density at radius 3 is 2.57 bits per heavy atom. The van der Waals surface area contributed by atoms with E-state index >= 15 is 0 Å². The van der Waals surface area contributed by atoms with Crippen LogP contribution in [-0.2, 0) is 4.79 Å². The molecule has 1 amide bonds. The molecule has 0 radical (unpaired) electrons. The van der Waals surface area contributed by atoms with Crippen LogP contribution in [0.25, 0.3) is 0 Å². The molecule has 1 saturated heterocycles. The molecule has 0 aliphatic carbocycles. The number of halogens is 2. The maximum atomic E-state index is 12.6. The number of aliphatic hydroxyl groups excluding tert-OH is 1. The van der Waals surface area contributed by atoms with E-state index in [0.29, 0.717) is 6.92 Å². The summed E-state index contributed by atoms with van der Waals surface area (Å²) in [4.78, 5) is 11.9. The van der Waals surface area contributed by atoms with Gasteiger partial charge in [0.2, 0.25) is 0 Å². The normalized spacial score (nSPS) is 28.2. The molecule has 1 fully saturated rings. The van der Waals surface area contributed by atoms with E-state index in [2.05, 4.69) is 0 Å². The number of hydrogen-bond donors (Lipinski definition) is 2. The van der Waals surface area contributed by atoms with Gasteiger partial charge in [-0.1, -0.05) is 0 Å². The second-order valence-corrected chi connectivity index (χ2v) is 3.75. The minimum Gasteiger partial charge on any atom is -0.393 e. The van der Waals surface area contributed by atoms with E-state index in [9.17, 15) is 18.7 Å². The lowest BCUT2D eigenvalue weighted by molar-refractivity contribution is -0.154. The van der Waals surface area contributed by atoms with Crippen LogP contribution in [0.1, 0.15) is 13.3 Å². The van der Waals surface area contributed by atoms with Gasteiger partial charge in [-0.25, -0.2) is 0 Å². The lowest BCUT2D eigenvalue weighted by Crippen LogP contribution is -2.44. The molecule has 1 aliphatic heterocycles. The third kappa shape index (κ3) is 2.19. The molecule has 1 heterocycles. The number of hydrogen-bond acceptors (Lipinski definition) is 3. The minimum atomic E-state index is -3.42. The molecule has 0 spiro atoms. The maximum absolute atomic E-state index is 12.6. The summed E-state index contributed by atoms with van der Waals surface area (Å²) in [5.74, 6) is -4.72. The lowest BCUT2D eigenvalue weighted by Gasteiger charge is -2.22. The number of nitrogens with zero attached hydrogens (tertiary/aromatic N) is 1. The number of amides is 1. The third-order valence-corrected chi connectivity index (χ3v) is 2.29. The highest BCUT2D eigenvalue weighted by molar-refractivity contribution is 5.83. The van der Waals surface area contributed by atoms with Gasteiger partial charge < -0.3 is 15.1 Å². The number of likely N-dealkylation sites (tertiary alicyclic amines) is 1. The summed E-state index contributed by atoms with van der Waals surface area (Å²) in [6.07, 6.45) is 0.130. The summed E-state index contributed by atoms with van der Waals surface area (Å²) >= 11 is 0. The lowest BCUT2D eigenvalue weighted by atomic mass is 10.1. The summed E-state index contributed by atoms with van der Waals surface area (Å²) in [5, 5.41) is 18.2. The van der Waals surface area contributed by atoms with E-state index in [1.807, 2.05) is 0 Å². The van der Waals surface area contributed by atoms with E-state index in [1.54, 1.807) is 0 Å². The van der Waals surface area contributed by atoms with Gasteiger partial charge in [-0.2, -0.15) is 8.78 Å². The number of β-amino-alcohol motifs (C(OH)–C–C–N with tert-alkyl or cyclic N) is 1. The molecule has 1 atom stereocenters. The Hall–Kier alpha value is -0.750. The quantitative estimate of drug-likeness (QED) is 0.650. The summed E-state index contributed by atoms with van der Waals surface area (Å²) in [6.45, 7) is -0.178. The third-order valence-electron chi connectivity index (χ3n) is 2.29. The van der Waals surface area contributed by atoms with E-state index in [-0.39, 0.29) is 19.5 Å². The molecular formula is C8H13F2NO3. The first-order valence-electron chi connectivity index (χ1n) is 4.29. The van der Waals surface area contributed by atoms with Crippen molar-refractivity contribution < 1.29 is 23.8 Å². The Morgan fingerprint density at radius 1 is 1.64 bits per heavy atom. The molecule has 14 heavy (non-hydrogen) atoms. The maximum Gasteiger partial charge on any atom is 0.322 e. The van der Waals surface area contributed by atoms with Crippen molar-refractivity contribution in [3.05, 3.63) is 0 Å². The molecule has 2 N–H and O–H groups in total. The highest BCUT2D eigenvalue weighted by atomic mass is 19.3. The van der Waals surface area contributed by atoms with Crippen LogP contribution in [0.15, 0.2) is 0 Å². The van der Waals surface area contributed by atoms with Crippen LogP contribution < -0.4 is 0 Å². The number of aliphatic hydroxyl groups is 2. The number of carbonyl (C=O) groups excluding carboxylic acids is 1. The highest BCUT2D eigenvalue weighted by Gasteiger charge is 2.44. The molecule has 0 bridgehead atoms. The first-order chi connectivity index (χ1) is 6.28. The predicted octanol–water partition coefficient (Wildman–Crippen LogP) is -0.403. The Balaban J connectivity index is 2.63. The van der Waals surface area contributed by atoms with Gasteiger partial charge in [-0.3, -0.25) is 4.79 Å². The van der Waals surface area contributed by atoms with Gasteiger partial charge in [0, 0.05) is 13.5 Å². The van der Waals surface area contributed by atoms with Crippen molar-refractivity contribution in [2.75, 3.05) is 19.7 Å². The van der Waals surface area contributed by atoms with E-state index < -0.39 is 24.0 Å². The zero-order valence-corrected chi connectivity index (χ0v) is 7.83. The van der Waals surface area contributed by atoms with Crippen LogP contribution in [0.2, 0.25) is 0 Å². The minimum absolute atomic E-state index is 0.0549. The van der Waals surface area contributed by atoms with Crippen molar-refractivity contribution >= 4 is 5.91 Å². The molecule has 4 nitrogen and oxygen atoms in total. The van der Waals surface area contributed by atoms with Gasteiger partial charge in [0.05, 0.1) is 13.2 Å². The number of alkyl halides is 2. The first kappa shape index (κ1) is 11.3. The van der Waals surface area contributed by atoms with E-state index in [1.165, 1.54) is 0 Å². The fraction of sp³-hybridized carbons (Fsp3) is 0.875. The molecule has 1 unspecified atom stereocenters. The Morgan fingerprint density at radius 2 is 2.21 bits per heavy atom. The van der Waals surface area contributed by atoms with Crippen LogP contribution in [-0.4, -0.2) is 52.2 Å². The molecule has 0 aromatic heterocycles. The average molecular weight is 209 g/mol. The highest BCUT2D eigenvalue weighted by Crippen LogP contribution is 2.25. The smallest absolute Gasteiger partial charge is 0.322 e. The van der Waals surface area contributed by atoms with Crippen molar-refractivity contribution in [3.8, 4) is 0 Å². The SMILES string of the molecule is CC(F)(F)C(=O)N1CCC(O)(CO)C1.